The maximum atomic E-state index is 13.6. The third-order valence-corrected chi connectivity index (χ3v) is 5.64. The summed E-state index contributed by atoms with van der Waals surface area (Å²) in [5.41, 5.74) is 4.21. The molecule has 0 radical (unpaired) electrons. The third kappa shape index (κ3) is 3.50. The minimum absolute atomic E-state index is 0.0139. The highest BCUT2D eigenvalue weighted by Gasteiger charge is 2.32. The lowest BCUT2D eigenvalue weighted by atomic mass is 9.88. The highest BCUT2D eigenvalue weighted by molar-refractivity contribution is 5.93. The van der Waals surface area contributed by atoms with E-state index in [1.165, 1.54) is 16.7 Å². The molecule has 1 aliphatic rings. The molecule has 0 aliphatic carbocycles. The summed E-state index contributed by atoms with van der Waals surface area (Å²) in [6.45, 7) is 0.682. The van der Waals surface area contributed by atoms with Crippen molar-refractivity contribution in [3.05, 3.63) is 114 Å². The number of nitrogens with zero attached hydrogens (tertiary/aromatic N) is 4. The molecule has 0 saturated carbocycles. The van der Waals surface area contributed by atoms with Crippen molar-refractivity contribution in [3.63, 3.8) is 0 Å². The second-order valence-corrected chi connectivity index (χ2v) is 7.48. The van der Waals surface area contributed by atoms with E-state index in [0.717, 1.165) is 12.8 Å². The molecule has 5 rings (SSSR count). The first-order valence-electron chi connectivity index (χ1n) is 10.2. The van der Waals surface area contributed by atoms with Crippen LogP contribution in [0.3, 0.4) is 0 Å². The fourth-order valence-electron chi connectivity index (χ4n) is 4.17. The van der Waals surface area contributed by atoms with Crippen molar-refractivity contribution < 1.29 is 4.79 Å². The van der Waals surface area contributed by atoms with Crippen LogP contribution in [0.1, 0.15) is 33.2 Å². The van der Waals surface area contributed by atoms with Gasteiger partial charge in [-0.3, -0.25) is 4.79 Å². The zero-order valence-electron chi connectivity index (χ0n) is 16.6. The van der Waals surface area contributed by atoms with Gasteiger partial charge >= 0.3 is 0 Å². The second kappa shape index (κ2) is 7.95. The molecule has 0 fully saturated rings. The predicted molar refractivity (Wildman–Crippen MR) is 115 cm³/mol. The molecule has 1 atom stereocenters. The summed E-state index contributed by atoms with van der Waals surface area (Å²) in [6.07, 6.45) is 5.16. The number of amides is 1. The minimum Gasteiger partial charge on any atom is -0.330 e. The van der Waals surface area contributed by atoms with Crippen molar-refractivity contribution >= 4 is 5.91 Å². The van der Waals surface area contributed by atoms with Crippen molar-refractivity contribution in [1.29, 1.82) is 0 Å². The average molecular weight is 394 g/mol. The van der Waals surface area contributed by atoms with Crippen LogP contribution in [0.15, 0.2) is 91.3 Å². The van der Waals surface area contributed by atoms with Crippen molar-refractivity contribution in [2.24, 2.45) is 0 Å². The highest BCUT2D eigenvalue weighted by Crippen LogP contribution is 2.33. The molecular formula is C25H22N4O. The summed E-state index contributed by atoms with van der Waals surface area (Å²) < 4.78 is 1.67. The minimum atomic E-state index is -0.0422. The standard InChI is InChI=1S/C25H22N4O/c30-25(22-12-6-13-24(27-22)29-16-7-15-26-29)28-17-14-20-10-4-5-11-21(20)23(28)18-19-8-2-1-3-9-19/h1-13,15-16,23H,14,17-18H2. The summed E-state index contributed by atoms with van der Waals surface area (Å²) in [5, 5.41) is 4.23. The molecule has 5 nitrogen and oxygen atoms in total. The van der Waals surface area contributed by atoms with Crippen LogP contribution in [0.25, 0.3) is 5.82 Å². The predicted octanol–water partition coefficient (Wildman–Crippen LogP) is 4.25. The molecule has 3 heterocycles. The first kappa shape index (κ1) is 18.3. The van der Waals surface area contributed by atoms with Crippen LogP contribution in [0, 0.1) is 0 Å². The number of hydrogen-bond donors (Lipinski definition) is 0. The molecule has 0 spiro atoms. The van der Waals surface area contributed by atoms with E-state index in [1.807, 2.05) is 47.5 Å². The Labute approximate surface area is 175 Å². The Bertz CT molecular complexity index is 1150. The van der Waals surface area contributed by atoms with Crippen molar-refractivity contribution in [1.82, 2.24) is 19.7 Å². The number of rotatable bonds is 4. The second-order valence-electron chi connectivity index (χ2n) is 7.48. The van der Waals surface area contributed by atoms with E-state index in [2.05, 4.69) is 46.5 Å². The van der Waals surface area contributed by atoms with Gasteiger partial charge in [-0.1, -0.05) is 60.7 Å². The van der Waals surface area contributed by atoms with E-state index in [0.29, 0.717) is 18.1 Å². The fraction of sp³-hybridized carbons (Fsp3) is 0.160. The van der Waals surface area contributed by atoms with Crippen LogP contribution in [-0.2, 0) is 12.8 Å². The van der Waals surface area contributed by atoms with Gasteiger partial charge in [0.25, 0.3) is 5.91 Å². The topological polar surface area (TPSA) is 51.0 Å². The third-order valence-electron chi connectivity index (χ3n) is 5.64. The van der Waals surface area contributed by atoms with Crippen LogP contribution >= 0.6 is 0 Å². The monoisotopic (exact) mass is 394 g/mol. The van der Waals surface area contributed by atoms with E-state index < -0.39 is 0 Å². The number of benzene rings is 2. The Hall–Kier alpha value is -3.73. The van der Waals surface area contributed by atoms with Gasteiger partial charge < -0.3 is 4.90 Å². The molecule has 2 aromatic heterocycles. The molecule has 1 unspecified atom stereocenters. The fourth-order valence-corrected chi connectivity index (χ4v) is 4.17. The molecule has 1 aliphatic heterocycles. The normalized spacial score (nSPS) is 15.6. The Morgan fingerprint density at radius 3 is 2.60 bits per heavy atom. The number of aromatic nitrogens is 3. The van der Waals surface area contributed by atoms with Gasteiger partial charge in [-0.15, -0.1) is 0 Å². The molecular weight excluding hydrogens is 372 g/mol. The number of fused-ring (bicyclic) bond motifs is 1. The Balaban J connectivity index is 1.50. The lowest BCUT2D eigenvalue weighted by molar-refractivity contribution is 0.0654. The number of pyridine rings is 1. The van der Waals surface area contributed by atoms with E-state index >= 15 is 0 Å². The van der Waals surface area contributed by atoms with E-state index in [9.17, 15) is 4.79 Å². The number of carbonyl (C=O) groups excluding carboxylic acids is 1. The smallest absolute Gasteiger partial charge is 0.273 e. The lowest BCUT2D eigenvalue weighted by Crippen LogP contribution is -2.41. The van der Waals surface area contributed by atoms with Crippen molar-refractivity contribution in [2.45, 2.75) is 18.9 Å². The van der Waals surface area contributed by atoms with Gasteiger partial charge in [0.1, 0.15) is 5.69 Å². The Morgan fingerprint density at radius 2 is 1.77 bits per heavy atom. The molecule has 30 heavy (non-hydrogen) atoms. The van der Waals surface area contributed by atoms with Gasteiger partial charge in [0.15, 0.2) is 5.82 Å². The molecule has 5 heteroatoms. The van der Waals surface area contributed by atoms with Crippen LogP contribution in [-0.4, -0.2) is 32.1 Å². The molecule has 0 bridgehead atoms. The number of hydrogen-bond acceptors (Lipinski definition) is 3. The van der Waals surface area contributed by atoms with E-state index in [4.69, 9.17) is 0 Å². The molecule has 148 valence electrons. The highest BCUT2D eigenvalue weighted by atomic mass is 16.2. The summed E-state index contributed by atoms with van der Waals surface area (Å²) in [5.74, 6) is 0.599. The van der Waals surface area contributed by atoms with Crippen LogP contribution in [0.4, 0.5) is 0 Å². The average Bonchev–Trinajstić information content (AvgIpc) is 3.35. The first-order valence-corrected chi connectivity index (χ1v) is 10.2. The SMILES string of the molecule is O=C(c1cccc(-n2cccn2)n1)N1CCc2ccccc2C1Cc1ccccc1. The summed E-state index contributed by atoms with van der Waals surface area (Å²) in [7, 11) is 0. The Kier molecular flexibility index (Phi) is 4.85. The van der Waals surface area contributed by atoms with Gasteiger partial charge in [0.05, 0.1) is 6.04 Å². The van der Waals surface area contributed by atoms with E-state index in [1.54, 1.807) is 16.9 Å². The zero-order valence-corrected chi connectivity index (χ0v) is 16.6. The summed E-state index contributed by atoms with van der Waals surface area (Å²) >= 11 is 0. The number of carbonyl (C=O) groups is 1. The van der Waals surface area contributed by atoms with Crippen LogP contribution in [0.2, 0.25) is 0 Å². The molecule has 0 N–H and O–H groups in total. The molecule has 0 saturated heterocycles. The quantitative estimate of drug-likeness (QED) is 0.520. The maximum Gasteiger partial charge on any atom is 0.273 e. The molecule has 1 amide bonds. The Morgan fingerprint density at radius 1 is 0.933 bits per heavy atom. The van der Waals surface area contributed by atoms with Gasteiger partial charge in [-0.2, -0.15) is 5.10 Å². The lowest BCUT2D eigenvalue weighted by Gasteiger charge is -2.37. The summed E-state index contributed by atoms with van der Waals surface area (Å²) in [4.78, 5) is 20.1. The van der Waals surface area contributed by atoms with Crippen molar-refractivity contribution in [2.75, 3.05) is 6.54 Å². The van der Waals surface area contributed by atoms with Crippen molar-refractivity contribution in [3.8, 4) is 5.82 Å². The maximum absolute atomic E-state index is 13.6. The van der Waals surface area contributed by atoms with Gasteiger partial charge in [0.2, 0.25) is 0 Å². The van der Waals surface area contributed by atoms with Gasteiger partial charge in [0, 0.05) is 18.9 Å². The van der Waals surface area contributed by atoms with Gasteiger partial charge in [-0.25, -0.2) is 9.67 Å². The summed E-state index contributed by atoms with van der Waals surface area (Å²) in [6, 6.07) is 26.1. The zero-order chi connectivity index (χ0) is 20.3. The van der Waals surface area contributed by atoms with Crippen LogP contribution in [0.5, 0.6) is 0 Å². The van der Waals surface area contributed by atoms with E-state index in [-0.39, 0.29) is 11.9 Å². The molecule has 4 aromatic rings. The van der Waals surface area contributed by atoms with Gasteiger partial charge in [-0.05, 0) is 47.7 Å². The first-order chi connectivity index (χ1) is 14.8. The molecule has 2 aromatic carbocycles. The largest absolute Gasteiger partial charge is 0.330 e. The van der Waals surface area contributed by atoms with Crippen LogP contribution < -0.4 is 0 Å².